The van der Waals surface area contributed by atoms with Crippen LogP contribution in [0.15, 0.2) is 36.4 Å². The minimum absolute atomic E-state index is 0.0328. The number of hydrogen-bond donors (Lipinski definition) is 0. The van der Waals surface area contributed by atoms with Crippen LogP contribution in [-0.2, 0) is 11.3 Å². The van der Waals surface area contributed by atoms with Crippen molar-refractivity contribution >= 4 is 23.6 Å². The number of benzene rings is 2. The van der Waals surface area contributed by atoms with E-state index in [2.05, 4.69) is 0 Å². The second-order valence-corrected chi connectivity index (χ2v) is 7.57. The maximum absolute atomic E-state index is 14.1. The quantitative estimate of drug-likeness (QED) is 0.615. The molecular formula is C22H23ClF2N2O3. The minimum atomic E-state index is -0.680. The van der Waals surface area contributed by atoms with Gasteiger partial charge in [0.15, 0.2) is 11.5 Å². The van der Waals surface area contributed by atoms with E-state index < -0.39 is 11.6 Å². The summed E-state index contributed by atoms with van der Waals surface area (Å²) in [6.45, 7) is 1.87. The van der Waals surface area contributed by atoms with Crippen molar-refractivity contribution in [2.24, 2.45) is 0 Å². The van der Waals surface area contributed by atoms with E-state index in [1.165, 1.54) is 23.1 Å². The second kappa shape index (κ2) is 9.91. The third kappa shape index (κ3) is 5.70. The summed E-state index contributed by atoms with van der Waals surface area (Å²) in [5.74, 6) is -0.617. The third-order valence-corrected chi connectivity index (χ3v) is 4.82. The van der Waals surface area contributed by atoms with Crippen LogP contribution in [0.4, 0.5) is 8.78 Å². The van der Waals surface area contributed by atoms with Crippen LogP contribution in [-0.4, -0.2) is 56.1 Å². The number of hydrogen-bond acceptors (Lipinski definition) is 4. The Balaban J connectivity index is 1.77. The van der Waals surface area contributed by atoms with E-state index in [1.54, 1.807) is 18.2 Å². The largest absolute Gasteiger partial charge is 0.486 e. The number of carbonyl (C=O) groups excluding carboxylic acids is 1. The molecular weight excluding hydrogens is 414 g/mol. The highest BCUT2D eigenvalue weighted by molar-refractivity contribution is 6.32. The van der Waals surface area contributed by atoms with E-state index in [9.17, 15) is 13.6 Å². The van der Waals surface area contributed by atoms with Gasteiger partial charge < -0.3 is 19.3 Å². The fraction of sp³-hybridized carbons (Fsp3) is 0.318. The lowest BCUT2D eigenvalue weighted by molar-refractivity contribution is -0.126. The Bertz CT molecular complexity index is 950. The molecule has 1 aliphatic heterocycles. The lowest BCUT2D eigenvalue weighted by Gasteiger charge is -2.23. The molecule has 1 amide bonds. The van der Waals surface area contributed by atoms with Crippen molar-refractivity contribution in [2.45, 2.75) is 6.54 Å². The summed E-state index contributed by atoms with van der Waals surface area (Å²) in [5.41, 5.74) is 0.928. The van der Waals surface area contributed by atoms with Crippen molar-refractivity contribution in [3.05, 3.63) is 64.2 Å². The lowest BCUT2D eigenvalue weighted by Crippen LogP contribution is -2.35. The molecule has 0 unspecified atom stereocenters. The van der Waals surface area contributed by atoms with Crippen molar-refractivity contribution in [1.29, 1.82) is 0 Å². The Labute approximate surface area is 179 Å². The molecule has 0 aromatic heterocycles. The first-order chi connectivity index (χ1) is 14.3. The molecule has 0 saturated carbocycles. The van der Waals surface area contributed by atoms with E-state index in [0.717, 1.165) is 6.07 Å². The van der Waals surface area contributed by atoms with Crippen LogP contribution in [0.25, 0.3) is 6.08 Å². The summed E-state index contributed by atoms with van der Waals surface area (Å²) < 4.78 is 38.3. The van der Waals surface area contributed by atoms with Gasteiger partial charge in [-0.3, -0.25) is 4.79 Å². The molecule has 1 aliphatic rings. The van der Waals surface area contributed by atoms with Gasteiger partial charge >= 0.3 is 0 Å². The van der Waals surface area contributed by atoms with Crippen LogP contribution in [0.5, 0.6) is 11.5 Å². The van der Waals surface area contributed by atoms with Crippen molar-refractivity contribution in [2.75, 3.05) is 40.4 Å². The normalized spacial score (nSPS) is 13.1. The molecule has 0 atom stereocenters. The fourth-order valence-electron chi connectivity index (χ4n) is 2.94. The molecule has 8 heteroatoms. The predicted octanol–water partition coefficient (Wildman–Crippen LogP) is 3.99. The molecule has 0 aliphatic carbocycles. The van der Waals surface area contributed by atoms with Crippen LogP contribution in [0.3, 0.4) is 0 Å². The smallest absolute Gasteiger partial charge is 0.246 e. The van der Waals surface area contributed by atoms with Crippen molar-refractivity contribution in [1.82, 2.24) is 9.80 Å². The van der Waals surface area contributed by atoms with E-state index in [4.69, 9.17) is 21.1 Å². The summed E-state index contributed by atoms with van der Waals surface area (Å²) in [6.07, 6.45) is 3.02. The van der Waals surface area contributed by atoms with Gasteiger partial charge in [-0.2, -0.15) is 0 Å². The van der Waals surface area contributed by atoms with Gasteiger partial charge in [0.25, 0.3) is 0 Å². The average Bonchev–Trinajstić information content (AvgIpc) is 2.70. The zero-order chi connectivity index (χ0) is 21.7. The van der Waals surface area contributed by atoms with Crippen molar-refractivity contribution in [3.63, 3.8) is 0 Å². The number of rotatable bonds is 7. The highest BCUT2D eigenvalue weighted by atomic mass is 35.5. The highest BCUT2D eigenvalue weighted by Crippen LogP contribution is 2.38. The molecule has 2 aromatic carbocycles. The molecule has 3 rings (SSSR count). The van der Waals surface area contributed by atoms with Crippen molar-refractivity contribution in [3.8, 4) is 11.5 Å². The van der Waals surface area contributed by atoms with E-state index in [-0.39, 0.29) is 18.0 Å². The first-order valence-corrected chi connectivity index (χ1v) is 9.86. The topological polar surface area (TPSA) is 42.0 Å². The Morgan fingerprint density at radius 2 is 1.90 bits per heavy atom. The fourth-order valence-corrected chi connectivity index (χ4v) is 3.22. The maximum atomic E-state index is 14.1. The van der Waals surface area contributed by atoms with Gasteiger partial charge in [0.05, 0.1) is 5.02 Å². The van der Waals surface area contributed by atoms with E-state index in [0.29, 0.717) is 48.4 Å². The summed E-state index contributed by atoms with van der Waals surface area (Å²) in [5, 5.41) is 0.400. The highest BCUT2D eigenvalue weighted by Gasteiger charge is 2.17. The molecule has 160 valence electrons. The van der Waals surface area contributed by atoms with Crippen LogP contribution in [0, 0.1) is 11.6 Å². The number of ether oxygens (including phenoxy) is 2. The van der Waals surface area contributed by atoms with Gasteiger partial charge in [0, 0.05) is 37.3 Å². The molecule has 0 radical (unpaired) electrons. The molecule has 5 nitrogen and oxygen atoms in total. The zero-order valence-electron chi connectivity index (χ0n) is 16.8. The van der Waals surface area contributed by atoms with Gasteiger partial charge in [-0.1, -0.05) is 17.7 Å². The Morgan fingerprint density at radius 3 is 2.63 bits per heavy atom. The van der Waals surface area contributed by atoms with E-state index >= 15 is 0 Å². The second-order valence-electron chi connectivity index (χ2n) is 7.16. The molecule has 0 N–H and O–H groups in total. The molecule has 30 heavy (non-hydrogen) atoms. The first-order valence-electron chi connectivity index (χ1n) is 9.48. The molecule has 2 aromatic rings. The monoisotopic (exact) mass is 436 g/mol. The average molecular weight is 437 g/mol. The zero-order valence-corrected chi connectivity index (χ0v) is 17.6. The van der Waals surface area contributed by atoms with Crippen LogP contribution in [0.2, 0.25) is 5.02 Å². The third-order valence-electron chi connectivity index (χ3n) is 4.54. The van der Waals surface area contributed by atoms with Gasteiger partial charge in [-0.25, -0.2) is 8.78 Å². The number of fused-ring (bicyclic) bond motifs is 1. The number of likely N-dealkylation sites (N-methyl/N-ethyl adjacent to an activating group) is 1. The number of halogens is 3. The Kier molecular flexibility index (Phi) is 7.29. The summed E-state index contributed by atoms with van der Waals surface area (Å²) in [7, 11) is 3.77. The molecule has 0 bridgehead atoms. The summed E-state index contributed by atoms with van der Waals surface area (Å²) >= 11 is 6.24. The summed E-state index contributed by atoms with van der Waals surface area (Å²) in [4.78, 5) is 16.2. The Morgan fingerprint density at radius 1 is 1.13 bits per heavy atom. The van der Waals surface area contributed by atoms with Crippen molar-refractivity contribution < 1.29 is 23.0 Å². The standard InChI is InChI=1S/C22H23ClF2N2O3/c1-26(2)7-8-27(14-16-4-5-17(24)13-19(16)25)21(28)6-3-15-11-18(23)22-20(12-15)29-9-10-30-22/h3-6,11-13H,7-10,14H2,1-2H3/b6-3+. The SMILES string of the molecule is CN(C)CCN(Cc1ccc(F)cc1F)C(=O)/C=C/c1cc(Cl)c2c(c1)OCCO2. The van der Waals surface area contributed by atoms with Gasteiger partial charge in [-0.15, -0.1) is 0 Å². The minimum Gasteiger partial charge on any atom is -0.486 e. The number of nitrogens with zero attached hydrogens (tertiary/aromatic N) is 2. The molecule has 1 heterocycles. The summed E-state index contributed by atoms with van der Waals surface area (Å²) in [6, 6.07) is 6.78. The molecule has 0 spiro atoms. The van der Waals surface area contributed by atoms with Gasteiger partial charge in [0.1, 0.15) is 24.8 Å². The molecule has 0 fully saturated rings. The van der Waals surface area contributed by atoms with E-state index in [1.807, 2.05) is 19.0 Å². The maximum Gasteiger partial charge on any atom is 0.246 e. The van der Waals surface area contributed by atoms with Crippen LogP contribution in [0.1, 0.15) is 11.1 Å². The first kappa shape index (κ1) is 22.1. The number of amides is 1. The van der Waals surface area contributed by atoms with Crippen LogP contribution < -0.4 is 9.47 Å². The van der Waals surface area contributed by atoms with Gasteiger partial charge in [0.2, 0.25) is 5.91 Å². The number of carbonyl (C=O) groups is 1. The van der Waals surface area contributed by atoms with Gasteiger partial charge in [-0.05, 0) is 43.9 Å². The lowest BCUT2D eigenvalue weighted by atomic mass is 10.1. The Hall–Kier alpha value is -2.64. The molecule has 0 saturated heterocycles. The van der Waals surface area contributed by atoms with Crippen LogP contribution >= 0.6 is 11.6 Å². The predicted molar refractivity (Wildman–Crippen MR) is 112 cm³/mol.